The maximum absolute atomic E-state index is 12.5. The molecule has 2 aromatic rings. The number of amides is 3. The number of carbonyl (C=O) groups is 2. The zero-order valence-electron chi connectivity index (χ0n) is 13.3. The van der Waals surface area contributed by atoms with Crippen molar-refractivity contribution in [3.63, 3.8) is 0 Å². The normalized spacial score (nSPS) is 14.3. The van der Waals surface area contributed by atoms with Crippen LogP contribution in [-0.4, -0.2) is 52.9 Å². The quantitative estimate of drug-likeness (QED) is 0.870. The number of aromatic nitrogens is 1. The minimum absolute atomic E-state index is 0.118. The Hall–Kier alpha value is -2.31. The molecule has 1 N–H and O–H groups in total. The molecule has 1 aliphatic rings. The predicted octanol–water partition coefficient (Wildman–Crippen LogP) is 3.38. The Morgan fingerprint density at radius 1 is 0.920 bits per heavy atom. The topological polar surface area (TPSA) is 65.5 Å². The van der Waals surface area contributed by atoms with Crippen molar-refractivity contribution in [2.75, 3.05) is 31.5 Å². The second-order valence-electron chi connectivity index (χ2n) is 5.57. The molecule has 1 fully saturated rings. The molecule has 0 aliphatic carbocycles. The monoisotopic (exact) mass is 378 g/mol. The molecule has 1 aromatic heterocycles. The van der Waals surface area contributed by atoms with Crippen LogP contribution in [0.15, 0.2) is 42.7 Å². The van der Waals surface area contributed by atoms with Crippen LogP contribution in [0.5, 0.6) is 0 Å². The summed E-state index contributed by atoms with van der Waals surface area (Å²) in [5.74, 6) is -0.118. The fraction of sp³-hybridized carbons (Fsp3) is 0.235. The molecule has 0 unspecified atom stereocenters. The molecule has 3 amide bonds. The average Bonchev–Trinajstić information content (AvgIpc) is 2.64. The van der Waals surface area contributed by atoms with E-state index in [1.54, 1.807) is 52.5 Å². The van der Waals surface area contributed by atoms with E-state index in [0.29, 0.717) is 47.5 Å². The van der Waals surface area contributed by atoms with Gasteiger partial charge in [-0.3, -0.25) is 9.78 Å². The van der Waals surface area contributed by atoms with Gasteiger partial charge >= 0.3 is 6.03 Å². The van der Waals surface area contributed by atoms with E-state index in [1.165, 1.54) is 0 Å². The van der Waals surface area contributed by atoms with E-state index in [1.807, 2.05) is 0 Å². The van der Waals surface area contributed by atoms with E-state index in [9.17, 15) is 9.59 Å². The van der Waals surface area contributed by atoms with Gasteiger partial charge in [0.15, 0.2) is 0 Å². The molecule has 0 spiro atoms. The highest BCUT2D eigenvalue weighted by Crippen LogP contribution is 2.23. The summed E-state index contributed by atoms with van der Waals surface area (Å²) in [6.07, 6.45) is 3.23. The number of nitrogens with one attached hydrogen (secondary N) is 1. The van der Waals surface area contributed by atoms with Crippen LogP contribution in [-0.2, 0) is 0 Å². The highest BCUT2D eigenvalue weighted by atomic mass is 35.5. The minimum atomic E-state index is -0.187. The largest absolute Gasteiger partial charge is 0.335 e. The van der Waals surface area contributed by atoms with Crippen LogP contribution in [0.25, 0.3) is 0 Å². The molecule has 0 radical (unpaired) electrons. The smallest absolute Gasteiger partial charge is 0.321 e. The van der Waals surface area contributed by atoms with Crippen molar-refractivity contribution < 1.29 is 9.59 Å². The first kappa shape index (κ1) is 17.5. The second-order valence-corrected chi connectivity index (χ2v) is 6.39. The number of carbonyl (C=O) groups excluding carboxylic acids is 2. The molecule has 0 atom stereocenters. The third-order valence-corrected chi connectivity index (χ3v) is 4.69. The van der Waals surface area contributed by atoms with Gasteiger partial charge in [-0.25, -0.2) is 4.79 Å². The number of nitrogens with zero attached hydrogens (tertiary/aromatic N) is 3. The molecule has 130 valence electrons. The van der Waals surface area contributed by atoms with Gasteiger partial charge in [0.05, 0.1) is 10.0 Å². The van der Waals surface area contributed by atoms with Crippen LogP contribution in [0.3, 0.4) is 0 Å². The Balaban J connectivity index is 1.57. The number of hydrogen-bond donors (Lipinski definition) is 1. The lowest BCUT2D eigenvalue weighted by Crippen LogP contribution is -2.51. The Bertz CT molecular complexity index is 777. The fourth-order valence-corrected chi connectivity index (χ4v) is 2.86. The Kier molecular flexibility index (Phi) is 5.40. The van der Waals surface area contributed by atoms with E-state index in [4.69, 9.17) is 23.2 Å². The first-order valence-corrected chi connectivity index (χ1v) is 8.50. The zero-order valence-corrected chi connectivity index (χ0v) is 14.8. The highest BCUT2D eigenvalue weighted by Gasteiger charge is 2.25. The SMILES string of the molecule is O=C(Nc1ccncc1)N1CCN(C(=O)c2ccc(Cl)c(Cl)c2)CC1. The number of pyridine rings is 1. The Labute approximate surface area is 155 Å². The van der Waals surface area contributed by atoms with Crippen LogP contribution in [0, 0.1) is 0 Å². The van der Waals surface area contributed by atoms with E-state index in [2.05, 4.69) is 10.3 Å². The van der Waals surface area contributed by atoms with Gasteiger partial charge < -0.3 is 15.1 Å². The number of benzene rings is 1. The molecule has 1 aromatic carbocycles. The van der Waals surface area contributed by atoms with Crippen molar-refractivity contribution in [2.45, 2.75) is 0 Å². The number of hydrogen-bond acceptors (Lipinski definition) is 3. The third kappa shape index (κ3) is 4.21. The molecular weight excluding hydrogens is 363 g/mol. The van der Waals surface area contributed by atoms with E-state index in [-0.39, 0.29) is 11.9 Å². The van der Waals surface area contributed by atoms with Gasteiger partial charge in [-0.1, -0.05) is 23.2 Å². The lowest BCUT2D eigenvalue weighted by molar-refractivity contribution is 0.0671. The molecule has 0 bridgehead atoms. The van der Waals surface area contributed by atoms with Gasteiger partial charge in [-0.05, 0) is 30.3 Å². The van der Waals surface area contributed by atoms with Crippen molar-refractivity contribution >= 4 is 40.8 Å². The molecule has 0 saturated carbocycles. The first-order chi connectivity index (χ1) is 12.0. The third-order valence-electron chi connectivity index (χ3n) is 3.95. The van der Waals surface area contributed by atoms with E-state index < -0.39 is 0 Å². The van der Waals surface area contributed by atoms with Crippen LogP contribution in [0.2, 0.25) is 10.0 Å². The van der Waals surface area contributed by atoms with Crippen LogP contribution in [0.4, 0.5) is 10.5 Å². The summed E-state index contributed by atoms with van der Waals surface area (Å²) in [7, 11) is 0. The zero-order chi connectivity index (χ0) is 17.8. The molecule has 8 heteroatoms. The van der Waals surface area contributed by atoms with Gasteiger partial charge in [0.2, 0.25) is 0 Å². The van der Waals surface area contributed by atoms with E-state index in [0.717, 1.165) is 0 Å². The number of urea groups is 1. The summed E-state index contributed by atoms with van der Waals surface area (Å²) >= 11 is 11.9. The Morgan fingerprint density at radius 3 is 2.20 bits per heavy atom. The van der Waals surface area contributed by atoms with Crippen molar-refractivity contribution in [1.29, 1.82) is 0 Å². The maximum atomic E-state index is 12.5. The minimum Gasteiger partial charge on any atom is -0.335 e. The fourth-order valence-electron chi connectivity index (χ4n) is 2.56. The highest BCUT2D eigenvalue weighted by molar-refractivity contribution is 6.42. The van der Waals surface area contributed by atoms with Crippen molar-refractivity contribution in [3.05, 3.63) is 58.3 Å². The summed E-state index contributed by atoms with van der Waals surface area (Å²) in [5, 5.41) is 3.58. The number of halogens is 2. The standard InChI is InChI=1S/C17H16Cl2N4O2/c18-14-2-1-12(11-15(14)19)16(24)22-7-9-23(10-8-22)17(25)21-13-3-5-20-6-4-13/h1-6,11H,7-10H2,(H,20,21,25). The molecule has 25 heavy (non-hydrogen) atoms. The molecule has 1 saturated heterocycles. The summed E-state index contributed by atoms with van der Waals surface area (Å²) in [6, 6.07) is 8.08. The summed E-state index contributed by atoms with van der Waals surface area (Å²) in [5.41, 5.74) is 1.18. The van der Waals surface area contributed by atoms with Gasteiger partial charge in [0.25, 0.3) is 5.91 Å². The van der Waals surface area contributed by atoms with Crippen molar-refractivity contribution in [1.82, 2.24) is 14.8 Å². The van der Waals surface area contributed by atoms with Gasteiger partial charge in [-0.2, -0.15) is 0 Å². The number of rotatable bonds is 2. The van der Waals surface area contributed by atoms with Crippen LogP contribution in [0.1, 0.15) is 10.4 Å². The van der Waals surface area contributed by atoms with Crippen LogP contribution >= 0.6 is 23.2 Å². The molecule has 6 nitrogen and oxygen atoms in total. The summed E-state index contributed by atoms with van der Waals surface area (Å²) in [6.45, 7) is 1.85. The number of anilines is 1. The first-order valence-electron chi connectivity index (χ1n) is 7.75. The maximum Gasteiger partial charge on any atom is 0.321 e. The van der Waals surface area contributed by atoms with Gasteiger partial charge in [0, 0.05) is 49.8 Å². The lowest BCUT2D eigenvalue weighted by Gasteiger charge is -2.34. The predicted molar refractivity (Wildman–Crippen MR) is 97.2 cm³/mol. The molecular formula is C17H16Cl2N4O2. The summed E-state index contributed by atoms with van der Waals surface area (Å²) < 4.78 is 0. The van der Waals surface area contributed by atoms with Gasteiger partial charge in [0.1, 0.15) is 0 Å². The molecule has 2 heterocycles. The number of piperazine rings is 1. The lowest BCUT2D eigenvalue weighted by atomic mass is 10.2. The van der Waals surface area contributed by atoms with E-state index >= 15 is 0 Å². The average molecular weight is 379 g/mol. The Morgan fingerprint density at radius 2 is 1.56 bits per heavy atom. The summed E-state index contributed by atoms with van der Waals surface area (Å²) in [4.78, 5) is 32.1. The van der Waals surface area contributed by atoms with Gasteiger partial charge in [-0.15, -0.1) is 0 Å². The molecule has 1 aliphatic heterocycles. The molecule has 3 rings (SSSR count). The second kappa shape index (κ2) is 7.72. The van der Waals surface area contributed by atoms with Crippen molar-refractivity contribution in [3.8, 4) is 0 Å². The van der Waals surface area contributed by atoms with Crippen molar-refractivity contribution in [2.24, 2.45) is 0 Å². The van der Waals surface area contributed by atoms with Crippen LogP contribution < -0.4 is 5.32 Å².